The van der Waals surface area contributed by atoms with Crippen molar-refractivity contribution < 1.29 is 14.6 Å². The molecular weight excluding hydrogens is 266 g/mol. The van der Waals surface area contributed by atoms with Gasteiger partial charge >= 0.3 is 5.97 Å². The second-order valence-corrected chi connectivity index (χ2v) is 5.86. The Balaban J connectivity index is 1.87. The minimum Gasteiger partial charge on any atom is -0.497 e. The molecule has 1 fully saturated rings. The number of likely N-dealkylation sites (tertiary alicyclic amines) is 1. The molecule has 1 heterocycles. The number of carboxylic acids is 1. The van der Waals surface area contributed by atoms with Crippen LogP contribution in [0.4, 0.5) is 0 Å². The zero-order valence-electron chi connectivity index (χ0n) is 12.9. The SMILES string of the molecule is COc1cccc(C(C)N2CCC(CCC(=O)O)CC2)c1. The van der Waals surface area contributed by atoms with Gasteiger partial charge in [-0.1, -0.05) is 12.1 Å². The summed E-state index contributed by atoms with van der Waals surface area (Å²) in [5.41, 5.74) is 1.28. The molecule has 1 aromatic carbocycles. The first-order valence-electron chi connectivity index (χ1n) is 7.70. The van der Waals surface area contributed by atoms with Crippen LogP contribution in [-0.4, -0.2) is 36.2 Å². The molecular formula is C17H25NO3. The maximum atomic E-state index is 10.6. The molecule has 0 aromatic heterocycles. The van der Waals surface area contributed by atoms with Gasteiger partial charge in [-0.3, -0.25) is 9.69 Å². The maximum Gasteiger partial charge on any atom is 0.303 e. The van der Waals surface area contributed by atoms with Crippen LogP contribution in [0.1, 0.15) is 44.2 Å². The van der Waals surface area contributed by atoms with E-state index < -0.39 is 5.97 Å². The smallest absolute Gasteiger partial charge is 0.303 e. The average molecular weight is 291 g/mol. The molecule has 0 aliphatic carbocycles. The van der Waals surface area contributed by atoms with Crippen molar-refractivity contribution in [2.45, 2.75) is 38.6 Å². The highest BCUT2D eigenvalue weighted by molar-refractivity contribution is 5.66. The monoisotopic (exact) mass is 291 g/mol. The summed E-state index contributed by atoms with van der Waals surface area (Å²) in [6.07, 6.45) is 3.32. The van der Waals surface area contributed by atoms with Crippen molar-refractivity contribution in [3.05, 3.63) is 29.8 Å². The molecule has 1 aliphatic rings. The van der Waals surface area contributed by atoms with E-state index in [1.807, 2.05) is 12.1 Å². The predicted molar refractivity (Wildman–Crippen MR) is 82.6 cm³/mol. The number of carboxylic acid groups (broad SMARTS) is 1. The molecule has 1 unspecified atom stereocenters. The lowest BCUT2D eigenvalue weighted by molar-refractivity contribution is -0.137. The van der Waals surface area contributed by atoms with Crippen molar-refractivity contribution in [1.29, 1.82) is 0 Å². The van der Waals surface area contributed by atoms with Gasteiger partial charge in [0.15, 0.2) is 0 Å². The Morgan fingerprint density at radius 2 is 2.14 bits per heavy atom. The lowest BCUT2D eigenvalue weighted by atomic mass is 9.91. The summed E-state index contributed by atoms with van der Waals surface area (Å²) in [6, 6.07) is 8.62. The second kappa shape index (κ2) is 7.46. The van der Waals surface area contributed by atoms with Crippen LogP contribution in [0.2, 0.25) is 0 Å². The molecule has 4 nitrogen and oxygen atoms in total. The first-order chi connectivity index (χ1) is 10.1. The molecule has 0 saturated carbocycles. The van der Waals surface area contributed by atoms with Gasteiger partial charge in [-0.2, -0.15) is 0 Å². The van der Waals surface area contributed by atoms with Crippen LogP contribution in [0.5, 0.6) is 5.75 Å². The van der Waals surface area contributed by atoms with E-state index in [0.717, 1.165) is 38.1 Å². The molecule has 0 spiro atoms. The first-order valence-corrected chi connectivity index (χ1v) is 7.70. The number of hydrogen-bond donors (Lipinski definition) is 1. The van der Waals surface area contributed by atoms with Gasteiger partial charge in [0.25, 0.3) is 0 Å². The Morgan fingerprint density at radius 1 is 1.43 bits per heavy atom. The van der Waals surface area contributed by atoms with E-state index in [-0.39, 0.29) is 0 Å². The summed E-state index contributed by atoms with van der Waals surface area (Å²) in [7, 11) is 1.69. The quantitative estimate of drug-likeness (QED) is 0.873. The minimum atomic E-state index is -0.679. The average Bonchev–Trinajstić information content (AvgIpc) is 2.52. The number of hydrogen-bond acceptors (Lipinski definition) is 3. The molecule has 0 amide bonds. The number of methoxy groups -OCH3 is 1. The van der Waals surface area contributed by atoms with E-state index >= 15 is 0 Å². The third kappa shape index (κ3) is 4.46. The molecule has 1 N–H and O–H groups in total. The van der Waals surface area contributed by atoms with Crippen molar-refractivity contribution >= 4 is 5.97 Å². The largest absolute Gasteiger partial charge is 0.497 e. The molecule has 2 rings (SSSR count). The van der Waals surface area contributed by atoms with Crippen LogP contribution in [-0.2, 0) is 4.79 Å². The number of carbonyl (C=O) groups is 1. The van der Waals surface area contributed by atoms with Gasteiger partial charge in [0.1, 0.15) is 5.75 Å². The van der Waals surface area contributed by atoms with E-state index in [2.05, 4.69) is 24.0 Å². The van der Waals surface area contributed by atoms with Crippen molar-refractivity contribution in [2.24, 2.45) is 5.92 Å². The summed E-state index contributed by atoms with van der Waals surface area (Å²) in [5, 5.41) is 8.76. The number of rotatable bonds is 6. The summed E-state index contributed by atoms with van der Waals surface area (Å²) >= 11 is 0. The van der Waals surface area contributed by atoms with Crippen LogP contribution in [0, 0.1) is 5.92 Å². The summed E-state index contributed by atoms with van der Waals surface area (Å²) < 4.78 is 5.29. The second-order valence-electron chi connectivity index (χ2n) is 5.86. The van der Waals surface area contributed by atoms with Crippen LogP contribution in [0.15, 0.2) is 24.3 Å². The summed E-state index contributed by atoms with van der Waals surface area (Å²) in [5.74, 6) is 0.785. The Bertz CT molecular complexity index is 467. The molecule has 1 atom stereocenters. The highest BCUT2D eigenvalue weighted by Gasteiger charge is 2.24. The number of benzene rings is 1. The van der Waals surface area contributed by atoms with Gasteiger partial charge < -0.3 is 9.84 Å². The predicted octanol–water partition coefficient (Wildman–Crippen LogP) is 3.33. The van der Waals surface area contributed by atoms with Gasteiger partial charge in [-0.25, -0.2) is 0 Å². The third-order valence-corrected chi connectivity index (χ3v) is 4.54. The summed E-state index contributed by atoms with van der Waals surface area (Å²) in [4.78, 5) is 13.1. The zero-order valence-corrected chi connectivity index (χ0v) is 12.9. The first kappa shape index (κ1) is 15.8. The summed E-state index contributed by atoms with van der Waals surface area (Å²) in [6.45, 7) is 4.32. The van der Waals surface area contributed by atoms with E-state index in [9.17, 15) is 4.79 Å². The highest BCUT2D eigenvalue weighted by Crippen LogP contribution is 2.29. The van der Waals surface area contributed by atoms with Gasteiger partial charge in [-0.05, 0) is 62.9 Å². The topological polar surface area (TPSA) is 49.8 Å². The van der Waals surface area contributed by atoms with Crippen molar-refractivity contribution in [2.75, 3.05) is 20.2 Å². The van der Waals surface area contributed by atoms with E-state index in [1.165, 1.54) is 5.56 Å². The number of ether oxygens (including phenoxy) is 1. The molecule has 1 aliphatic heterocycles. The maximum absolute atomic E-state index is 10.6. The Kier molecular flexibility index (Phi) is 5.62. The van der Waals surface area contributed by atoms with Crippen LogP contribution < -0.4 is 4.74 Å². The van der Waals surface area contributed by atoms with Crippen molar-refractivity contribution in [3.8, 4) is 5.75 Å². The third-order valence-electron chi connectivity index (χ3n) is 4.54. The van der Waals surface area contributed by atoms with E-state index in [0.29, 0.717) is 18.4 Å². The molecule has 0 radical (unpaired) electrons. The Hall–Kier alpha value is -1.55. The number of nitrogens with zero attached hydrogens (tertiary/aromatic N) is 1. The normalized spacial score (nSPS) is 18.4. The Morgan fingerprint density at radius 3 is 2.76 bits per heavy atom. The molecule has 0 bridgehead atoms. The van der Waals surface area contributed by atoms with Gasteiger partial charge in [0.2, 0.25) is 0 Å². The molecule has 21 heavy (non-hydrogen) atoms. The molecule has 4 heteroatoms. The fourth-order valence-electron chi connectivity index (χ4n) is 3.07. The standard InChI is InChI=1S/C17H25NO3/c1-13(15-4-3-5-16(12-15)21-2)18-10-8-14(9-11-18)6-7-17(19)20/h3-5,12-14H,6-11H2,1-2H3,(H,19,20). The molecule has 1 saturated heterocycles. The van der Waals surface area contributed by atoms with Gasteiger partial charge in [0, 0.05) is 12.5 Å². The molecule has 1 aromatic rings. The van der Waals surface area contributed by atoms with E-state index in [1.54, 1.807) is 7.11 Å². The highest BCUT2D eigenvalue weighted by atomic mass is 16.5. The lowest BCUT2D eigenvalue weighted by Gasteiger charge is -2.36. The Labute approximate surface area is 126 Å². The van der Waals surface area contributed by atoms with Crippen LogP contribution >= 0.6 is 0 Å². The van der Waals surface area contributed by atoms with Crippen LogP contribution in [0.3, 0.4) is 0 Å². The lowest BCUT2D eigenvalue weighted by Crippen LogP contribution is -2.35. The van der Waals surface area contributed by atoms with Crippen molar-refractivity contribution in [3.63, 3.8) is 0 Å². The molecule has 116 valence electrons. The minimum absolute atomic E-state index is 0.302. The van der Waals surface area contributed by atoms with Crippen LogP contribution in [0.25, 0.3) is 0 Å². The van der Waals surface area contributed by atoms with E-state index in [4.69, 9.17) is 9.84 Å². The number of piperidine rings is 1. The number of aliphatic carboxylic acids is 1. The fourth-order valence-corrected chi connectivity index (χ4v) is 3.07. The fraction of sp³-hybridized carbons (Fsp3) is 0.588. The van der Waals surface area contributed by atoms with Gasteiger partial charge in [-0.15, -0.1) is 0 Å². The van der Waals surface area contributed by atoms with Crippen molar-refractivity contribution in [1.82, 2.24) is 4.90 Å². The zero-order chi connectivity index (χ0) is 15.2. The van der Waals surface area contributed by atoms with Gasteiger partial charge in [0.05, 0.1) is 7.11 Å².